The van der Waals surface area contributed by atoms with Crippen molar-refractivity contribution in [3.8, 4) is 0 Å². The molecule has 132 valence electrons. The van der Waals surface area contributed by atoms with E-state index >= 15 is 0 Å². The van der Waals surface area contributed by atoms with Gasteiger partial charge in [0.25, 0.3) is 0 Å². The van der Waals surface area contributed by atoms with Gasteiger partial charge in [0.05, 0.1) is 23.8 Å². The van der Waals surface area contributed by atoms with Crippen molar-refractivity contribution in [1.82, 2.24) is 25.1 Å². The SMILES string of the molecule is COCCNC(=O)[C@H](Nc1nc2ccccc2c2cnnn12)C(C)C. The third-order valence-electron chi connectivity index (χ3n) is 4.00. The number of hydrogen-bond donors (Lipinski definition) is 2. The van der Waals surface area contributed by atoms with Crippen LogP contribution in [0.15, 0.2) is 30.5 Å². The van der Waals surface area contributed by atoms with Crippen molar-refractivity contribution in [3.63, 3.8) is 0 Å². The molecule has 0 aliphatic rings. The maximum Gasteiger partial charge on any atom is 0.242 e. The number of hydrogen-bond acceptors (Lipinski definition) is 6. The van der Waals surface area contributed by atoms with Gasteiger partial charge in [0.15, 0.2) is 0 Å². The predicted octanol–water partition coefficient (Wildman–Crippen LogP) is 1.48. The highest BCUT2D eigenvalue weighted by molar-refractivity contribution is 5.94. The first-order chi connectivity index (χ1) is 12.1. The van der Waals surface area contributed by atoms with Crippen molar-refractivity contribution >= 4 is 28.3 Å². The number of aromatic nitrogens is 4. The summed E-state index contributed by atoms with van der Waals surface area (Å²) in [5.74, 6) is 0.455. The summed E-state index contributed by atoms with van der Waals surface area (Å²) < 4.78 is 6.60. The van der Waals surface area contributed by atoms with Crippen molar-refractivity contribution in [2.75, 3.05) is 25.6 Å². The Balaban J connectivity index is 1.93. The summed E-state index contributed by atoms with van der Waals surface area (Å²) in [4.78, 5) is 17.1. The second-order valence-electron chi connectivity index (χ2n) is 6.13. The lowest BCUT2D eigenvalue weighted by Gasteiger charge is -2.22. The highest BCUT2D eigenvalue weighted by Gasteiger charge is 2.24. The van der Waals surface area contributed by atoms with Crippen molar-refractivity contribution in [1.29, 1.82) is 0 Å². The number of nitrogens with zero attached hydrogens (tertiary/aromatic N) is 4. The molecule has 1 aromatic carbocycles. The average molecular weight is 342 g/mol. The number of rotatable bonds is 7. The Morgan fingerprint density at radius 2 is 2.12 bits per heavy atom. The molecule has 2 aromatic heterocycles. The minimum Gasteiger partial charge on any atom is -0.383 e. The fraction of sp³-hybridized carbons (Fsp3) is 0.412. The molecular weight excluding hydrogens is 320 g/mol. The number of nitrogens with one attached hydrogen (secondary N) is 2. The van der Waals surface area contributed by atoms with Gasteiger partial charge in [0.2, 0.25) is 11.9 Å². The Bertz CT molecular complexity index is 876. The molecule has 8 nitrogen and oxygen atoms in total. The standard InChI is InChI=1S/C17H22N6O2/c1-11(2)15(16(24)18-8-9-25-3)21-17-20-13-7-5-4-6-12(13)14-10-19-22-23(14)17/h4-7,10-11,15H,8-9H2,1-3H3,(H,18,24)(H,20,21)/t15-/m1/s1. The molecular formula is C17H22N6O2. The Hall–Kier alpha value is -2.74. The van der Waals surface area contributed by atoms with Crippen molar-refractivity contribution in [3.05, 3.63) is 30.5 Å². The zero-order valence-electron chi connectivity index (χ0n) is 14.6. The monoisotopic (exact) mass is 342 g/mol. The number of fused-ring (bicyclic) bond motifs is 3. The molecule has 0 aliphatic heterocycles. The van der Waals surface area contributed by atoms with Crippen molar-refractivity contribution in [2.45, 2.75) is 19.9 Å². The van der Waals surface area contributed by atoms with Gasteiger partial charge in [-0.2, -0.15) is 4.52 Å². The number of anilines is 1. The molecule has 3 aromatic rings. The second-order valence-corrected chi connectivity index (χ2v) is 6.13. The van der Waals surface area contributed by atoms with E-state index in [1.807, 2.05) is 38.1 Å². The Labute approximate surface area is 145 Å². The highest BCUT2D eigenvalue weighted by Crippen LogP contribution is 2.21. The first-order valence-electron chi connectivity index (χ1n) is 8.24. The molecule has 0 radical (unpaired) electrons. The van der Waals surface area contributed by atoms with Gasteiger partial charge in [-0.1, -0.05) is 37.3 Å². The first-order valence-corrected chi connectivity index (χ1v) is 8.24. The second kappa shape index (κ2) is 7.43. The Kier molecular flexibility index (Phi) is 5.08. The number of ether oxygens (including phenoxy) is 1. The van der Waals surface area contributed by atoms with E-state index in [1.54, 1.807) is 17.8 Å². The Morgan fingerprint density at radius 1 is 1.32 bits per heavy atom. The van der Waals surface area contributed by atoms with Crippen molar-refractivity contribution < 1.29 is 9.53 Å². The van der Waals surface area contributed by atoms with Crippen molar-refractivity contribution in [2.24, 2.45) is 5.92 Å². The molecule has 1 amide bonds. The highest BCUT2D eigenvalue weighted by atomic mass is 16.5. The number of carbonyl (C=O) groups excluding carboxylic acids is 1. The van der Waals surface area contributed by atoms with E-state index in [-0.39, 0.29) is 11.8 Å². The number of benzene rings is 1. The summed E-state index contributed by atoms with van der Waals surface area (Å²) in [5, 5.41) is 15.1. The largest absolute Gasteiger partial charge is 0.383 e. The average Bonchev–Trinajstić information content (AvgIpc) is 3.09. The van der Waals surface area contributed by atoms with Crippen LogP contribution in [0.25, 0.3) is 16.4 Å². The first kappa shape index (κ1) is 17.1. The molecule has 0 spiro atoms. The molecule has 2 N–H and O–H groups in total. The molecule has 0 aliphatic carbocycles. The quantitative estimate of drug-likeness (QED) is 0.632. The number of amides is 1. The Morgan fingerprint density at radius 3 is 2.88 bits per heavy atom. The topological polar surface area (TPSA) is 93.4 Å². The lowest BCUT2D eigenvalue weighted by atomic mass is 10.0. The van der Waals surface area contributed by atoms with Gasteiger partial charge in [-0.25, -0.2) is 4.98 Å². The summed E-state index contributed by atoms with van der Waals surface area (Å²) >= 11 is 0. The predicted molar refractivity (Wildman–Crippen MR) is 95.4 cm³/mol. The number of para-hydroxylation sites is 1. The number of carbonyl (C=O) groups is 1. The van der Waals surface area contributed by atoms with E-state index in [0.29, 0.717) is 19.1 Å². The van der Waals surface area contributed by atoms with Crippen LogP contribution >= 0.6 is 0 Å². The van der Waals surface area contributed by atoms with Gasteiger partial charge < -0.3 is 15.4 Å². The minimum absolute atomic E-state index is 0.0642. The molecule has 3 rings (SSSR count). The molecule has 0 unspecified atom stereocenters. The van der Waals surface area contributed by atoms with E-state index in [1.165, 1.54) is 0 Å². The summed E-state index contributed by atoms with van der Waals surface area (Å²) in [6, 6.07) is 7.33. The van der Waals surface area contributed by atoms with Crippen LogP contribution in [0.1, 0.15) is 13.8 Å². The van der Waals surface area contributed by atoms with Gasteiger partial charge in [-0.15, -0.1) is 5.10 Å². The van der Waals surface area contributed by atoms with Gasteiger partial charge in [0, 0.05) is 19.0 Å². The molecule has 1 atom stereocenters. The van der Waals surface area contributed by atoms with E-state index in [2.05, 4.69) is 25.9 Å². The van der Waals surface area contributed by atoms with E-state index < -0.39 is 6.04 Å². The minimum atomic E-state index is -0.446. The molecule has 0 bridgehead atoms. The van der Waals surface area contributed by atoms with Crippen LogP contribution < -0.4 is 10.6 Å². The third-order valence-corrected chi connectivity index (χ3v) is 4.00. The maximum atomic E-state index is 12.5. The molecule has 0 saturated heterocycles. The smallest absolute Gasteiger partial charge is 0.242 e. The molecule has 2 heterocycles. The normalized spacial score (nSPS) is 12.6. The maximum absolute atomic E-state index is 12.5. The van der Waals surface area contributed by atoms with Crippen LogP contribution in [-0.2, 0) is 9.53 Å². The van der Waals surface area contributed by atoms with Crippen LogP contribution in [0, 0.1) is 5.92 Å². The van der Waals surface area contributed by atoms with Crippen LogP contribution in [-0.4, -0.2) is 52.0 Å². The van der Waals surface area contributed by atoms with Gasteiger partial charge in [0.1, 0.15) is 6.04 Å². The fourth-order valence-electron chi connectivity index (χ4n) is 2.68. The molecule has 25 heavy (non-hydrogen) atoms. The van der Waals surface area contributed by atoms with Crippen LogP contribution in [0.2, 0.25) is 0 Å². The summed E-state index contributed by atoms with van der Waals surface area (Å²) in [7, 11) is 1.60. The molecule has 8 heteroatoms. The zero-order valence-corrected chi connectivity index (χ0v) is 14.6. The lowest BCUT2D eigenvalue weighted by molar-refractivity contribution is -0.122. The van der Waals surface area contributed by atoms with E-state index in [4.69, 9.17) is 4.74 Å². The van der Waals surface area contributed by atoms with E-state index in [9.17, 15) is 4.79 Å². The summed E-state index contributed by atoms with van der Waals surface area (Å²) in [6.45, 7) is 4.89. The van der Waals surface area contributed by atoms with Gasteiger partial charge in [-0.05, 0) is 12.0 Å². The van der Waals surface area contributed by atoms with E-state index in [0.717, 1.165) is 16.4 Å². The van der Waals surface area contributed by atoms with Gasteiger partial charge >= 0.3 is 0 Å². The summed E-state index contributed by atoms with van der Waals surface area (Å²) in [5.41, 5.74) is 1.66. The molecule has 0 saturated carbocycles. The van der Waals surface area contributed by atoms with Crippen LogP contribution in [0.5, 0.6) is 0 Å². The lowest BCUT2D eigenvalue weighted by Crippen LogP contribution is -2.44. The number of methoxy groups -OCH3 is 1. The van der Waals surface area contributed by atoms with Crippen LogP contribution in [0.3, 0.4) is 0 Å². The van der Waals surface area contributed by atoms with Gasteiger partial charge in [-0.3, -0.25) is 4.79 Å². The van der Waals surface area contributed by atoms with Crippen LogP contribution in [0.4, 0.5) is 5.95 Å². The fourth-order valence-corrected chi connectivity index (χ4v) is 2.68. The summed E-state index contributed by atoms with van der Waals surface area (Å²) in [6.07, 6.45) is 1.69. The third kappa shape index (κ3) is 3.53. The molecule has 0 fully saturated rings. The zero-order chi connectivity index (χ0) is 17.8.